The second-order valence-electron chi connectivity index (χ2n) is 2.17. The number of para-hydroxylation sites is 1. The Bertz CT molecular complexity index is 201. The molecule has 1 aliphatic heterocycles. The van der Waals surface area contributed by atoms with E-state index in [1.165, 1.54) is 0 Å². The maximum atomic E-state index is 5.44. The molecule has 11 heavy (non-hydrogen) atoms. The number of hydrogen-bond acceptors (Lipinski definition) is 3. The van der Waals surface area contributed by atoms with Crippen LogP contribution in [0, 0.1) is 0 Å². The van der Waals surface area contributed by atoms with E-state index in [0.29, 0.717) is 0 Å². The zero-order chi connectivity index (χ0) is 8.10. The lowest BCUT2D eigenvalue weighted by molar-refractivity contribution is 0.475. The summed E-state index contributed by atoms with van der Waals surface area (Å²) in [6, 6.07) is 7.47. The Balaban J connectivity index is 0.000000167. The zero-order valence-corrected chi connectivity index (χ0v) is 7.05. The third-order valence-electron chi connectivity index (χ3n) is 1.14. The van der Waals surface area contributed by atoms with E-state index in [4.69, 9.17) is 5.73 Å². The molecule has 0 saturated carbocycles. The van der Waals surface area contributed by atoms with E-state index in [2.05, 4.69) is 17.4 Å². The maximum Gasteiger partial charge on any atom is 0.0701 e. The second-order valence-corrected chi connectivity index (χ2v) is 2.65. The van der Waals surface area contributed by atoms with Crippen LogP contribution >= 0.6 is 12.6 Å². The summed E-state index contributed by atoms with van der Waals surface area (Å²) in [5.41, 5.74) is 6.18. The van der Waals surface area contributed by atoms with Crippen LogP contribution in [0.15, 0.2) is 29.2 Å². The van der Waals surface area contributed by atoms with Gasteiger partial charge in [0.1, 0.15) is 0 Å². The fraction of sp³-hybridized carbons (Fsp3) is 0.250. The molecule has 1 aromatic rings. The van der Waals surface area contributed by atoms with Crippen LogP contribution in [0.3, 0.4) is 0 Å². The van der Waals surface area contributed by atoms with Crippen LogP contribution in [0.5, 0.6) is 0 Å². The number of rotatable bonds is 0. The molecule has 3 heteroatoms. The summed E-state index contributed by atoms with van der Waals surface area (Å²) in [5, 5.41) is 0. The highest BCUT2D eigenvalue weighted by molar-refractivity contribution is 7.80. The summed E-state index contributed by atoms with van der Waals surface area (Å²) in [7, 11) is 0. The molecule has 0 unspecified atom stereocenters. The van der Waals surface area contributed by atoms with Gasteiger partial charge >= 0.3 is 0 Å². The topological polar surface area (TPSA) is 38.5 Å². The number of anilines is 1. The van der Waals surface area contributed by atoms with Crippen LogP contribution in [0.4, 0.5) is 5.69 Å². The van der Waals surface area contributed by atoms with Crippen LogP contribution in [0.25, 0.3) is 0 Å². The number of nitrogens with two attached hydrogens (primary N) is 1. The number of epoxide rings is 1. The van der Waals surface area contributed by atoms with Crippen LogP contribution in [0.2, 0.25) is 0 Å². The Kier molecular flexibility index (Phi) is 3.26. The molecular weight excluding hydrogens is 158 g/mol. The first-order valence-corrected chi connectivity index (χ1v) is 3.86. The van der Waals surface area contributed by atoms with Gasteiger partial charge in [-0.15, -0.1) is 12.6 Å². The van der Waals surface area contributed by atoms with Crippen LogP contribution < -0.4 is 5.73 Å². The monoisotopic (exact) mass is 169 g/mol. The summed E-state index contributed by atoms with van der Waals surface area (Å²) in [4.78, 5) is 0.840. The fourth-order valence-corrected chi connectivity index (χ4v) is 0.648. The summed E-state index contributed by atoms with van der Waals surface area (Å²) in [6.07, 6.45) is 0. The number of hydrogen-bond donors (Lipinski definition) is 2. The van der Waals surface area contributed by atoms with Gasteiger partial charge in [-0.2, -0.15) is 0 Å². The smallest absolute Gasteiger partial charge is 0.0701 e. The average molecular weight is 169 g/mol. The lowest BCUT2D eigenvalue weighted by Gasteiger charge is -1.92. The van der Waals surface area contributed by atoms with E-state index in [1.807, 2.05) is 24.3 Å². The number of nitrogen functional groups attached to an aromatic ring is 1. The molecule has 1 saturated heterocycles. The zero-order valence-electron chi connectivity index (χ0n) is 6.16. The standard InChI is InChI=1S/C6H7NS.C2H4O/c7-5-3-1-2-4-6(5)8;1-2-3-1/h1-4,8H,7H2;1-2H2. The van der Waals surface area contributed by atoms with Crippen molar-refractivity contribution in [3.8, 4) is 0 Å². The minimum absolute atomic E-state index is 0.732. The molecule has 0 amide bonds. The van der Waals surface area contributed by atoms with E-state index < -0.39 is 0 Å². The largest absolute Gasteiger partial charge is 0.398 e. The van der Waals surface area contributed by atoms with Crippen LogP contribution in [-0.4, -0.2) is 13.2 Å². The van der Waals surface area contributed by atoms with Crippen molar-refractivity contribution in [3.05, 3.63) is 24.3 Å². The van der Waals surface area contributed by atoms with Gasteiger partial charge in [-0.05, 0) is 12.1 Å². The van der Waals surface area contributed by atoms with Crippen molar-refractivity contribution >= 4 is 18.3 Å². The van der Waals surface area contributed by atoms with Gasteiger partial charge in [0.2, 0.25) is 0 Å². The SMILES string of the molecule is C1CO1.Nc1ccccc1S. The normalized spacial score (nSPS) is 13.2. The highest BCUT2D eigenvalue weighted by Gasteiger charge is 1.94. The van der Waals surface area contributed by atoms with E-state index in [1.54, 1.807) is 0 Å². The Morgan fingerprint density at radius 2 is 1.82 bits per heavy atom. The van der Waals surface area contributed by atoms with Crippen molar-refractivity contribution in [3.63, 3.8) is 0 Å². The molecule has 1 fully saturated rings. The molecule has 2 nitrogen and oxygen atoms in total. The molecule has 0 aromatic heterocycles. The molecule has 0 atom stereocenters. The van der Waals surface area contributed by atoms with Gasteiger partial charge in [-0.3, -0.25) is 0 Å². The quantitative estimate of drug-likeness (QED) is 0.351. The minimum Gasteiger partial charge on any atom is -0.398 e. The van der Waals surface area contributed by atoms with Crippen molar-refractivity contribution in [1.29, 1.82) is 0 Å². The van der Waals surface area contributed by atoms with Crippen LogP contribution in [0.1, 0.15) is 0 Å². The lowest BCUT2D eigenvalue weighted by Crippen LogP contribution is -1.83. The Hall–Kier alpha value is -0.670. The average Bonchev–Trinajstić information content (AvgIpc) is 2.80. The van der Waals surface area contributed by atoms with E-state index in [9.17, 15) is 0 Å². The first-order valence-electron chi connectivity index (χ1n) is 3.42. The Morgan fingerprint density at radius 1 is 1.27 bits per heavy atom. The van der Waals surface area contributed by atoms with E-state index >= 15 is 0 Å². The van der Waals surface area contributed by atoms with Crippen molar-refractivity contribution in [2.75, 3.05) is 18.9 Å². The molecule has 1 aliphatic rings. The maximum absolute atomic E-state index is 5.44. The van der Waals surface area contributed by atoms with Crippen molar-refractivity contribution in [1.82, 2.24) is 0 Å². The van der Waals surface area contributed by atoms with Gasteiger partial charge in [0.15, 0.2) is 0 Å². The Labute approximate surface area is 71.8 Å². The van der Waals surface area contributed by atoms with E-state index in [0.717, 1.165) is 23.8 Å². The molecule has 0 radical (unpaired) electrons. The summed E-state index contributed by atoms with van der Waals surface area (Å²) in [6.45, 7) is 2.00. The Morgan fingerprint density at radius 3 is 2.09 bits per heavy atom. The van der Waals surface area contributed by atoms with Crippen molar-refractivity contribution < 1.29 is 4.74 Å². The molecule has 1 aromatic carbocycles. The first-order chi connectivity index (χ1) is 5.30. The van der Waals surface area contributed by atoms with Crippen molar-refractivity contribution in [2.45, 2.75) is 4.90 Å². The number of ether oxygens (including phenoxy) is 1. The minimum atomic E-state index is 0.732. The van der Waals surface area contributed by atoms with Gasteiger partial charge in [0.05, 0.1) is 13.2 Å². The molecule has 2 rings (SSSR count). The van der Waals surface area contributed by atoms with E-state index in [-0.39, 0.29) is 0 Å². The predicted octanol–water partition coefficient (Wildman–Crippen LogP) is 1.57. The highest BCUT2D eigenvalue weighted by Crippen LogP contribution is 2.13. The highest BCUT2D eigenvalue weighted by atomic mass is 32.1. The first kappa shape index (κ1) is 8.43. The molecule has 1 heterocycles. The fourth-order valence-electron chi connectivity index (χ4n) is 0.488. The third-order valence-corrected chi connectivity index (χ3v) is 1.55. The molecule has 0 bridgehead atoms. The number of thiol groups is 1. The molecule has 0 spiro atoms. The number of benzene rings is 1. The summed E-state index contributed by atoms with van der Waals surface area (Å²) < 4.78 is 4.50. The van der Waals surface area contributed by atoms with Gasteiger partial charge in [0.25, 0.3) is 0 Å². The van der Waals surface area contributed by atoms with Gasteiger partial charge < -0.3 is 10.5 Å². The third kappa shape index (κ3) is 3.91. The van der Waals surface area contributed by atoms with Crippen LogP contribution in [-0.2, 0) is 4.74 Å². The lowest BCUT2D eigenvalue weighted by atomic mass is 10.3. The summed E-state index contributed by atoms with van der Waals surface area (Å²) >= 11 is 4.07. The molecule has 0 aliphatic carbocycles. The summed E-state index contributed by atoms with van der Waals surface area (Å²) in [5.74, 6) is 0. The van der Waals surface area contributed by atoms with Gasteiger partial charge in [0, 0.05) is 10.6 Å². The molecule has 2 N–H and O–H groups in total. The van der Waals surface area contributed by atoms with Gasteiger partial charge in [-0.1, -0.05) is 12.1 Å². The second kappa shape index (κ2) is 4.26. The predicted molar refractivity (Wildman–Crippen MR) is 48.9 cm³/mol. The van der Waals surface area contributed by atoms with Gasteiger partial charge in [-0.25, -0.2) is 0 Å². The molecular formula is C8H11NOS. The van der Waals surface area contributed by atoms with Crippen molar-refractivity contribution in [2.24, 2.45) is 0 Å². The molecule has 60 valence electrons.